The van der Waals surface area contributed by atoms with Crippen LogP contribution in [-0.4, -0.2) is 61.2 Å². The van der Waals surface area contributed by atoms with Crippen LogP contribution < -0.4 is 19.7 Å². The zero-order chi connectivity index (χ0) is 21.9. The summed E-state index contributed by atoms with van der Waals surface area (Å²) in [5, 5.41) is 41.9. The fourth-order valence-electron chi connectivity index (χ4n) is 2.72. The molecule has 2 aromatic rings. The Hall–Kier alpha value is -2.58. The molecule has 0 saturated heterocycles. The van der Waals surface area contributed by atoms with E-state index in [2.05, 4.69) is 9.98 Å². The molecule has 0 saturated carbocycles. The van der Waals surface area contributed by atoms with Gasteiger partial charge in [-0.1, -0.05) is 23.6 Å². The summed E-state index contributed by atoms with van der Waals surface area (Å²) in [5.74, 6) is 0.413. The number of benzene rings is 2. The smallest absolute Gasteiger partial charge is 0.872 e. The molecule has 0 aliphatic carbocycles. The van der Waals surface area contributed by atoms with Crippen LogP contribution in [0, 0.1) is 0 Å². The fraction of sp³-hybridized carbons (Fsp3) is 0.364. The van der Waals surface area contributed by atoms with Crippen molar-refractivity contribution in [3.05, 3.63) is 47.5 Å². The molecule has 0 amide bonds. The number of aliphatic hydroxyl groups excluding tert-OH is 2. The number of rotatable bonds is 11. The molecule has 0 aliphatic heterocycles. The van der Waals surface area contributed by atoms with Crippen LogP contribution >= 0.6 is 0 Å². The first kappa shape index (κ1) is 26.5. The maximum Gasteiger partial charge on any atom is 2.00 e. The fourth-order valence-corrected chi connectivity index (χ4v) is 2.72. The van der Waals surface area contributed by atoms with E-state index in [-0.39, 0.29) is 55.0 Å². The Labute approximate surface area is 192 Å². The Morgan fingerprint density at radius 1 is 0.774 bits per heavy atom. The van der Waals surface area contributed by atoms with Crippen molar-refractivity contribution in [3.63, 3.8) is 0 Å². The number of hydrogen-bond donors (Lipinski definition) is 2. The minimum atomic E-state index is -0.203. The van der Waals surface area contributed by atoms with Crippen LogP contribution in [0.3, 0.4) is 0 Å². The SMILES string of the molecule is CC(=NCCN=C(C)c1ccc(OCCO)cc1[O-])c1ccc(OCCO)cc1[O-].[Cu+2]. The van der Waals surface area contributed by atoms with Crippen LogP contribution in [0.5, 0.6) is 23.0 Å². The van der Waals surface area contributed by atoms with Crippen molar-refractivity contribution < 1.29 is 47.0 Å². The number of hydrogen-bond acceptors (Lipinski definition) is 8. The van der Waals surface area contributed by atoms with Crippen molar-refractivity contribution in [2.75, 3.05) is 39.5 Å². The Morgan fingerprint density at radius 2 is 1.16 bits per heavy atom. The van der Waals surface area contributed by atoms with E-state index in [0.29, 0.717) is 47.1 Å². The molecule has 2 aromatic carbocycles. The van der Waals surface area contributed by atoms with Gasteiger partial charge in [-0.05, 0) is 49.2 Å². The molecule has 171 valence electrons. The standard InChI is InChI=1S/C22H28N2O6.Cu/c1-15(19-5-3-17(13-21(19)27)29-11-9-25)23-7-8-24-16(2)20-6-4-18(14-22(20)28)30-12-10-26;/h3-6,13-14,25-28H,7-12H2,1-2H3;/q;+2/p-2. The zero-order valence-electron chi connectivity index (χ0n) is 17.4. The van der Waals surface area contributed by atoms with E-state index in [1.54, 1.807) is 38.1 Å². The van der Waals surface area contributed by atoms with Crippen LogP contribution in [0.15, 0.2) is 46.4 Å². The first-order valence-electron chi connectivity index (χ1n) is 9.58. The predicted octanol–water partition coefficient (Wildman–Crippen LogP) is 0.892. The summed E-state index contributed by atoms with van der Waals surface area (Å²) in [6.45, 7) is 4.27. The maximum absolute atomic E-state index is 12.2. The average Bonchev–Trinajstić information content (AvgIpc) is 2.73. The van der Waals surface area contributed by atoms with E-state index in [4.69, 9.17) is 19.7 Å². The Balaban J connectivity index is 0.00000480. The first-order valence-corrected chi connectivity index (χ1v) is 9.58. The van der Waals surface area contributed by atoms with Gasteiger partial charge in [0.2, 0.25) is 0 Å². The molecule has 0 bridgehead atoms. The van der Waals surface area contributed by atoms with Gasteiger partial charge in [0, 0.05) is 11.4 Å². The summed E-state index contributed by atoms with van der Waals surface area (Å²) in [7, 11) is 0. The molecule has 31 heavy (non-hydrogen) atoms. The van der Waals surface area contributed by atoms with Crippen molar-refractivity contribution in [1.82, 2.24) is 0 Å². The summed E-state index contributed by atoms with van der Waals surface area (Å²) >= 11 is 0. The molecule has 2 N–H and O–H groups in total. The second-order valence-electron chi connectivity index (χ2n) is 6.39. The number of nitrogens with zero attached hydrogens (tertiary/aromatic N) is 2. The van der Waals surface area contributed by atoms with Crippen LogP contribution in [0.2, 0.25) is 0 Å². The summed E-state index contributed by atoms with van der Waals surface area (Å²) in [6, 6.07) is 9.36. The number of aliphatic imine (C=N–C) groups is 2. The molecule has 0 spiro atoms. The minimum Gasteiger partial charge on any atom is -0.872 e. The Kier molecular flexibility index (Phi) is 11.7. The van der Waals surface area contributed by atoms with Gasteiger partial charge >= 0.3 is 17.1 Å². The molecular formula is C22H26CuN2O6. The Morgan fingerprint density at radius 3 is 1.48 bits per heavy atom. The predicted molar refractivity (Wildman–Crippen MR) is 111 cm³/mol. The zero-order valence-corrected chi connectivity index (χ0v) is 18.4. The molecule has 8 nitrogen and oxygen atoms in total. The molecule has 0 aliphatic rings. The van der Waals surface area contributed by atoms with Crippen LogP contribution in [0.4, 0.5) is 0 Å². The largest absolute Gasteiger partial charge is 2.00 e. The van der Waals surface area contributed by atoms with Crippen molar-refractivity contribution in [2.45, 2.75) is 13.8 Å². The normalized spacial score (nSPS) is 11.7. The van der Waals surface area contributed by atoms with Gasteiger partial charge in [-0.2, -0.15) is 0 Å². The van der Waals surface area contributed by atoms with Crippen molar-refractivity contribution in [2.24, 2.45) is 9.98 Å². The van der Waals surface area contributed by atoms with Crippen LogP contribution in [0.1, 0.15) is 25.0 Å². The van der Waals surface area contributed by atoms with E-state index in [1.165, 1.54) is 12.1 Å². The summed E-state index contributed by atoms with van der Waals surface area (Å²) in [4.78, 5) is 8.78. The van der Waals surface area contributed by atoms with Gasteiger partial charge in [-0.3, -0.25) is 9.98 Å². The maximum atomic E-state index is 12.2. The summed E-state index contributed by atoms with van der Waals surface area (Å²) < 4.78 is 10.4. The Bertz CT molecular complexity index is 828. The van der Waals surface area contributed by atoms with E-state index in [9.17, 15) is 10.2 Å². The average molecular weight is 478 g/mol. The summed E-state index contributed by atoms with van der Waals surface area (Å²) in [6.07, 6.45) is 0. The van der Waals surface area contributed by atoms with E-state index in [1.807, 2.05) is 0 Å². The van der Waals surface area contributed by atoms with E-state index < -0.39 is 0 Å². The number of aliphatic hydroxyl groups is 2. The summed E-state index contributed by atoms with van der Waals surface area (Å²) in [5.41, 5.74) is 2.15. The molecule has 1 radical (unpaired) electrons. The van der Waals surface area contributed by atoms with Gasteiger partial charge in [0.05, 0.1) is 26.3 Å². The second-order valence-corrected chi connectivity index (χ2v) is 6.39. The van der Waals surface area contributed by atoms with Gasteiger partial charge < -0.3 is 29.9 Å². The molecule has 9 heteroatoms. The van der Waals surface area contributed by atoms with E-state index in [0.717, 1.165) is 0 Å². The van der Waals surface area contributed by atoms with Crippen molar-refractivity contribution in [3.8, 4) is 23.0 Å². The molecule has 0 aromatic heterocycles. The molecule has 0 fully saturated rings. The molecule has 0 heterocycles. The van der Waals surface area contributed by atoms with Crippen LogP contribution in [-0.2, 0) is 17.1 Å². The van der Waals surface area contributed by atoms with Gasteiger partial charge in [0.15, 0.2) is 0 Å². The topological polar surface area (TPSA) is 130 Å². The van der Waals surface area contributed by atoms with Gasteiger partial charge in [0.25, 0.3) is 0 Å². The molecular weight excluding hydrogens is 452 g/mol. The third kappa shape index (κ3) is 8.22. The second kappa shape index (κ2) is 13.7. The van der Waals surface area contributed by atoms with Gasteiger partial charge in [0.1, 0.15) is 24.7 Å². The molecule has 0 atom stereocenters. The molecule has 2 rings (SSSR count). The van der Waals surface area contributed by atoms with Crippen LogP contribution in [0.25, 0.3) is 0 Å². The third-order valence-corrected chi connectivity index (χ3v) is 4.20. The third-order valence-electron chi connectivity index (χ3n) is 4.20. The monoisotopic (exact) mass is 477 g/mol. The van der Waals surface area contributed by atoms with Gasteiger partial charge in [-0.15, -0.1) is 0 Å². The minimum absolute atomic E-state index is 0. The van der Waals surface area contributed by atoms with E-state index >= 15 is 0 Å². The quantitative estimate of drug-likeness (QED) is 0.281. The van der Waals surface area contributed by atoms with Gasteiger partial charge in [-0.25, -0.2) is 0 Å². The first-order chi connectivity index (χ1) is 14.5. The van der Waals surface area contributed by atoms with Crippen molar-refractivity contribution in [1.29, 1.82) is 0 Å². The molecule has 0 unspecified atom stereocenters. The number of ether oxygens (including phenoxy) is 2. The van der Waals surface area contributed by atoms with Crippen molar-refractivity contribution >= 4 is 11.4 Å².